The number of carbonyl (C=O) groups is 2. The number of carbonyl (C=O) groups excluding carboxylic acids is 2. The Morgan fingerprint density at radius 3 is 3.00 bits per heavy atom. The molecule has 1 aliphatic rings. The van der Waals surface area contributed by atoms with Crippen LogP contribution in [0.25, 0.3) is 0 Å². The zero-order valence-corrected chi connectivity index (χ0v) is 10.8. The van der Waals surface area contributed by atoms with Crippen molar-refractivity contribution in [3.05, 3.63) is 23.8 Å². The molecule has 1 fully saturated rings. The molecule has 0 aromatic heterocycles. The average molecular weight is 263 g/mol. The zero-order chi connectivity index (χ0) is 13.8. The van der Waals surface area contributed by atoms with Crippen LogP contribution in [-0.4, -0.2) is 38.1 Å². The third-order valence-electron chi connectivity index (χ3n) is 2.94. The van der Waals surface area contributed by atoms with E-state index in [4.69, 9.17) is 10.5 Å². The van der Waals surface area contributed by atoms with Gasteiger partial charge in [0.15, 0.2) is 0 Å². The van der Waals surface area contributed by atoms with Crippen molar-refractivity contribution in [1.29, 1.82) is 0 Å². The van der Waals surface area contributed by atoms with Crippen LogP contribution in [0.5, 0.6) is 0 Å². The van der Waals surface area contributed by atoms with E-state index in [1.54, 1.807) is 25.1 Å². The molecule has 6 heteroatoms. The zero-order valence-electron chi connectivity index (χ0n) is 10.8. The number of hydrogen-bond acceptors (Lipinski definition) is 5. The van der Waals surface area contributed by atoms with Crippen LogP contribution in [-0.2, 0) is 9.53 Å². The summed E-state index contributed by atoms with van der Waals surface area (Å²) < 4.78 is 4.96. The summed E-state index contributed by atoms with van der Waals surface area (Å²) in [5.74, 6) is -0.468. The van der Waals surface area contributed by atoms with Crippen LogP contribution in [0.1, 0.15) is 17.3 Å². The number of benzene rings is 1. The molecule has 1 heterocycles. The van der Waals surface area contributed by atoms with Crippen molar-refractivity contribution < 1.29 is 14.3 Å². The van der Waals surface area contributed by atoms with Gasteiger partial charge in [-0.15, -0.1) is 0 Å². The Morgan fingerprint density at radius 1 is 1.53 bits per heavy atom. The number of piperazine rings is 1. The van der Waals surface area contributed by atoms with Gasteiger partial charge in [0.1, 0.15) is 0 Å². The molecule has 0 saturated carbocycles. The van der Waals surface area contributed by atoms with Crippen LogP contribution < -0.4 is 16.0 Å². The minimum atomic E-state index is -0.441. The predicted octanol–water partition coefficient (Wildman–Crippen LogP) is 0.382. The van der Waals surface area contributed by atoms with Crippen molar-refractivity contribution in [1.82, 2.24) is 5.32 Å². The number of amides is 1. The number of hydrogen-bond donors (Lipinski definition) is 2. The summed E-state index contributed by atoms with van der Waals surface area (Å²) in [7, 11) is 0. The third-order valence-corrected chi connectivity index (χ3v) is 2.94. The number of nitrogen functional groups attached to an aromatic ring is 1. The highest BCUT2D eigenvalue weighted by Gasteiger charge is 2.19. The number of esters is 1. The average Bonchev–Trinajstić information content (AvgIpc) is 2.39. The molecular formula is C13H17N3O3. The van der Waals surface area contributed by atoms with E-state index in [1.165, 1.54) is 0 Å². The Balaban J connectivity index is 2.25. The highest BCUT2D eigenvalue weighted by molar-refractivity contribution is 5.96. The van der Waals surface area contributed by atoms with E-state index in [9.17, 15) is 9.59 Å². The molecular weight excluding hydrogens is 246 g/mol. The monoisotopic (exact) mass is 263 g/mol. The lowest BCUT2D eigenvalue weighted by molar-refractivity contribution is -0.120. The Bertz CT molecular complexity index is 502. The smallest absolute Gasteiger partial charge is 0.340 e. The SMILES string of the molecule is CCOC(=O)c1cc(N2CCNC(=O)C2)ccc1N. The molecule has 1 saturated heterocycles. The molecule has 2 rings (SSSR count). The van der Waals surface area contributed by atoms with Gasteiger partial charge in [-0.25, -0.2) is 4.79 Å². The number of ether oxygens (including phenoxy) is 1. The summed E-state index contributed by atoms with van der Waals surface area (Å²) in [6, 6.07) is 5.14. The van der Waals surface area contributed by atoms with Crippen LogP contribution in [0.15, 0.2) is 18.2 Å². The first-order valence-electron chi connectivity index (χ1n) is 6.20. The van der Waals surface area contributed by atoms with Crippen LogP contribution in [0, 0.1) is 0 Å². The topological polar surface area (TPSA) is 84.7 Å². The lowest BCUT2D eigenvalue weighted by Gasteiger charge is -2.29. The molecule has 0 spiro atoms. The van der Waals surface area contributed by atoms with E-state index < -0.39 is 5.97 Å². The molecule has 6 nitrogen and oxygen atoms in total. The minimum absolute atomic E-state index is 0.0271. The standard InChI is InChI=1S/C13H17N3O3/c1-2-19-13(18)10-7-9(3-4-11(10)14)16-6-5-15-12(17)8-16/h3-4,7H,2,5-6,8,14H2,1H3,(H,15,17). The van der Waals surface area contributed by atoms with E-state index in [0.29, 0.717) is 30.9 Å². The first kappa shape index (κ1) is 13.2. The van der Waals surface area contributed by atoms with E-state index >= 15 is 0 Å². The molecule has 1 aliphatic heterocycles. The fourth-order valence-electron chi connectivity index (χ4n) is 1.99. The first-order chi connectivity index (χ1) is 9.11. The van der Waals surface area contributed by atoms with E-state index in [0.717, 1.165) is 5.69 Å². The number of rotatable bonds is 3. The Kier molecular flexibility index (Phi) is 3.89. The van der Waals surface area contributed by atoms with Crippen molar-refractivity contribution in [2.24, 2.45) is 0 Å². The molecule has 1 aromatic rings. The van der Waals surface area contributed by atoms with Crippen molar-refractivity contribution in [2.75, 3.05) is 36.9 Å². The Hall–Kier alpha value is -2.24. The van der Waals surface area contributed by atoms with Crippen molar-refractivity contribution in [2.45, 2.75) is 6.92 Å². The summed E-state index contributed by atoms with van der Waals surface area (Å²) >= 11 is 0. The maximum absolute atomic E-state index is 11.8. The second kappa shape index (κ2) is 5.60. The summed E-state index contributed by atoms with van der Waals surface area (Å²) in [6.07, 6.45) is 0. The highest BCUT2D eigenvalue weighted by Crippen LogP contribution is 2.22. The van der Waals surface area contributed by atoms with Gasteiger partial charge in [-0.1, -0.05) is 0 Å². The van der Waals surface area contributed by atoms with Crippen LogP contribution in [0.2, 0.25) is 0 Å². The lowest BCUT2D eigenvalue weighted by Crippen LogP contribution is -2.47. The molecule has 0 bridgehead atoms. The third kappa shape index (κ3) is 2.96. The number of anilines is 2. The number of nitrogens with one attached hydrogen (secondary N) is 1. The highest BCUT2D eigenvalue weighted by atomic mass is 16.5. The van der Waals surface area contributed by atoms with Gasteiger partial charge in [-0.05, 0) is 25.1 Å². The van der Waals surface area contributed by atoms with Crippen molar-refractivity contribution >= 4 is 23.3 Å². The summed E-state index contributed by atoms with van der Waals surface area (Å²) in [4.78, 5) is 25.0. The Labute approximate surface area is 111 Å². The maximum atomic E-state index is 11.8. The lowest BCUT2D eigenvalue weighted by atomic mass is 10.1. The quantitative estimate of drug-likeness (QED) is 0.608. The van der Waals surface area contributed by atoms with Gasteiger partial charge in [-0.3, -0.25) is 4.79 Å². The van der Waals surface area contributed by atoms with Gasteiger partial charge in [0.05, 0.1) is 18.7 Å². The summed E-state index contributed by atoms with van der Waals surface area (Å²) in [6.45, 7) is 3.63. The minimum Gasteiger partial charge on any atom is -0.462 e. The normalized spacial score (nSPS) is 15.0. The first-order valence-corrected chi connectivity index (χ1v) is 6.20. The van der Waals surface area contributed by atoms with E-state index in [-0.39, 0.29) is 12.5 Å². The fraction of sp³-hybridized carbons (Fsp3) is 0.385. The van der Waals surface area contributed by atoms with E-state index in [2.05, 4.69) is 5.32 Å². The number of nitrogens with two attached hydrogens (primary N) is 1. The van der Waals surface area contributed by atoms with Gasteiger partial charge in [0.25, 0.3) is 0 Å². The molecule has 0 atom stereocenters. The molecule has 0 aliphatic carbocycles. The molecule has 19 heavy (non-hydrogen) atoms. The second-order valence-electron chi connectivity index (χ2n) is 4.26. The van der Waals surface area contributed by atoms with Gasteiger partial charge in [-0.2, -0.15) is 0 Å². The van der Waals surface area contributed by atoms with E-state index in [1.807, 2.05) is 4.90 Å². The number of nitrogens with zero attached hydrogens (tertiary/aromatic N) is 1. The van der Waals surface area contributed by atoms with Gasteiger partial charge in [0, 0.05) is 24.5 Å². The van der Waals surface area contributed by atoms with Gasteiger partial charge >= 0.3 is 5.97 Å². The molecule has 1 amide bonds. The Morgan fingerprint density at radius 2 is 2.32 bits per heavy atom. The summed E-state index contributed by atoms with van der Waals surface area (Å²) in [5, 5.41) is 2.75. The molecule has 102 valence electrons. The van der Waals surface area contributed by atoms with Crippen LogP contribution >= 0.6 is 0 Å². The molecule has 3 N–H and O–H groups in total. The largest absolute Gasteiger partial charge is 0.462 e. The second-order valence-corrected chi connectivity index (χ2v) is 4.26. The van der Waals surface area contributed by atoms with Gasteiger partial charge < -0.3 is 20.7 Å². The predicted molar refractivity (Wildman–Crippen MR) is 72.0 cm³/mol. The van der Waals surface area contributed by atoms with Crippen molar-refractivity contribution in [3.8, 4) is 0 Å². The molecule has 1 aromatic carbocycles. The maximum Gasteiger partial charge on any atom is 0.340 e. The fourth-order valence-corrected chi connectivity index (χ4v) is 1.99. The molecule has 0 radical (unpaired) electrons. The summed E-state index contributed by atoms with van der Waals surface area (Å²) in [5.41, 5.74) is 7.29. The van der Waals surface area contributed by atoms with Gasteiger partial charge in [0.2, 0.25) is 5.91 Å². The van der Waals surface area contributed by atoms with Crippen LogP contribution in [0.4, 0.5) is 11.4 Å². The van der Waals surface area contributed by atoms with Crippen LogP contribution in [0.3, 0.4) is 0 Å². The molecule has 0 unspecified atom stereocenters. The van der Waals surface area contributed by atoms with Crippen molar-refractivity contribution in [3.63, 3.8) is 0 Å².